The minimum Gasteiger partial charge on any atom is -0.369 e. The van der Waals surface area contributed by atoms with Gasteiger partial charge in [0, 0.05) is 6.42 Å². The van der Waals surface area contributed by atoms with Crippen LogP contribution < -0.4 is 5.73 Å². The van der Waals surface area contributed by atoms with Gasteiger partial charge in [0.1, 0.15) is 0 Å². The lowest BCUT2D eigenvalue weighted by Crippen LogP contribution is -2.07. The molecule has 19 heavy (non-hydrogen) atoms. The Morgan fingerprint density at radius 3 is 2.74 bits per heavy atom. The summed E-state index contributed by atoms with van der Waals surface area (Å²) in [6.07, 6.45) is 5.04. The molecule has 0 saturated heterocycles. The summed E-state index contributed by atoms with van der Waals surface area (Å²) in [5, 5.41) is 0. The number of amides is 1. The fourth-order valence-electron chi connectivity index (χ4n) is 2.58. The van der Waals surface area contributed by atoms with Crippen molar-refractivity contribution in [1.82, 2.24) is 0 Å². The third kappa shape index (κ3) is 2.29. The molecule has 94 valence electrons. The van der Waals surface area contributed by atoms with Crippen molar-refractivity contribution >= 4 is 12.0 Å². The first-order valence-corrected chi connectivity index (χ1v) is 6.40. The lowest BCUT2D eigenvalue weighted by atomic mass is 10.0. The molecule has 1 aliphatic carbocycles. The molecular weight excluding hydrogens is 234 g/mol. The highest BCUT2D eigenvalue weighted by atomic mass is 16.1. The molecule has 0 unspecified atom stereocenters. The van der Waals surface area contributed by atoms with Crippen LogP contribution in [0.5, 0.6) is 0 Å². The highest BCUT2D eigenvalue weighted by Crippen LogP contribution is 2.36. The normalized spacial score (nSPS) is 12.4. The molecule has 0 radical (unpaired) electrons. The summed E-state index contributed by atoms with van der Waals surface area (Å²) in [5.74, 6) is -0.301. The highest BCUT2D eigenvalue weighted by molar-refractivity contribution is 5.79. The third-order valence-electron chi connectivity index (χ3n) is 3.45. The summed E-state index contributed by atoms with van der Waals surface area (Å²) in [6, 6.07) is 14.9. The van der Waals surface area contributed by atoms with Crippen LogP contribution in [-0.4, -0.2) is 5.91 Å². The Morgan fingerprint density at radius 1 is 1.11 bits per heavy atom. The first-order valence-electron chi connectivity index (χ1n) is 6.40. The van der Waals surface area contributed by atoms with Crippen LogP contribution in [0.4, 0.5) is 0 Å². The second-order valence-electron chi connectivity index (χ2n) is 4.82. The van der Waals surface area contributed by atoms with Gasteiger partial charge in [-0.15, -0.1) is 0 Å². The number of rotatable bonds is 3. The van der Waals surface area contributed by atoms with Gasteiger partial charge >= 0.3 is 0 Å². The van der Waals surface area contributed by atoms with Gasteiger partial charge in [0.05, 0.1) is 0 Å². The molecule has 0 heterocycles. The SMILES string of the molecule is NC(=O)CC=Cc1ccc2c(c1)Cc1ccccc1-2. The molecule has 0 aliphatic heterocycles. The first-order chi connectivity index (χ1) is 9.24. The van der Waals surface area contributed by atoms with Crippen LogP contribution in [0.15, 0.2) is 48.5 Å². The van der Waals surface area contributed by atoms with Gasteiger partial charge in [-0.05, 0) is 34.2 Å². The molecule has 2 aromatic rings. The van der Waals surface area contributed by atoms with E-state index >= 15 is 0 Å². The van der Waals surface area contributed by atoms with Gasteiger partial charge in [-0.25, -0.2) is 0 Å². The molecule has 1 amide bonds. The van der Waals surface area contributed by atoms with Gasteiger partial charge in [-0.2, -0.15) is 0 Å². The monoisotopic (exact) mass is 249 g/mol. The van der Waals surface area contributed by atoms with Gasteiger partial charge in [0.15, 0.2) is 0 Å². The van der Waals surface area contributed by atoms with E-state index in [4.69, 9.17) is 5.73 Å². The smallest absolute Gasteiger partial charge is 0.221 e. The van der Waals surface area contributed by atoms with E-state index in [0.717, 1.165) is 12.0 Å². The van der Waals surface area contributed by atoms with Crippen molar-refractivity contribution in [3.05, 3.63) is 65.2 Å². The maximum absolute atomic E-state index is 10.7. The molecule has 0 aromatic heterocycles. The van der Waals surface area contributed by atoms with Gasteiger partial charge in [-0.1, -0.05) is 54.6 Å². The van der Waals surface area contributed by atoms with Crippen molar-refractivity contribution < 1.29 is 4.79 Å². The van der Waals surface area contributed by atoms with E-state index in [1.807, 2.05) is 12.2 Å². The van der Waals surface area contributed by atoms with Crippen molar-refractivity contribution in [2.45, 2.75) is 12.8 Å². The maximum Gasteiger partial charge on any atom is 0.221 e. The molecule has 3 rings (SSSR count). The van der Waals surface area contributed by atoms with Gasteiger partial charge in [-0.3, -0.25) is 4.79 Å². The lowest BCUT2D eigenvalue weighted by molar-refractivity contribution is -0.117. The maximum atomic E-state index is 10.7. The zero-order chi connectivity index (χ0) is 13.2. The third-order valence-corrected chi connectivity index (χ3v) is 3.45. The Bertz CT molecular complexity index is 671. The molecular formula is C17H15NO. The molecule has 0 spiro atoms. The van der Waals surface area contributed by atoms with Gasteiger partial charge in [0.25, 0.3) is 0 Å². The summed E-state index contributed by atoms with van der Waals surface area (Å²) in [4.78, 5) is 10.7. The Balaban J connectivity index is 1.89. The van der Waals surface area contributed by atoms with Crippen LogP contribution in [0.1, 0.15) is 23.1 Å². The highest BCUT2D eigenvalue weighted by Gasteiger charge is 2.17. The quantitative estimate of drug-likeness (QED) is 0.761. The van der Waals surface area contributed by atoms with Crippen molar-refractivity contribution in [2.75, 3.05) is 0 Å². The largest absolute Gasteiger partial charge is 0.369 e. The number of hydrogen-bond donors (Lipinski definition) is 1. The molecule has 2 heteroatoms. The Kier molecular flexibility index (Phi) is 2.92. The van der Waals surface area contributed by atoms with E-state index in [-0.39, 0.29) is 12.3 Å². The second-order valence-corrected chi connectivity index (χ2v) is 4.82. The molecule has 2 nitrogen and oxygen atoms in total. The van der Waals surface area contributed by atoms with Crippen LogP contribution >= 0.6 is 0 Å². The van der Waals surface area contributed by atoms with E-state index in [9.17, 15) is 4.79 Å². The van der Waals surface area contributed by atoms with Gasteiger partial charge < -0.3 is 5.73 Å². The minimum absolute atomic E-state index is 0.289. The first kappa shape index (κ1) is 11.7. The number of nitrogens with two attached hydrogens (primary N) is 1. The number of carbonyl (C=O) groups excluding carboxylic acids is 1. The predicted molar refractivity (Wildman–Crippen MR) is 77.5 cm³/mol. The number of hydrogen-bond acceptors (Lipinski definition) is 1. The molecule has 0 bridgehead atoms. The molecule has 2 aromatic carbocycles. The fraction of sp³-hybridized carbons (Fsp3) is 0.118. The number of benzene rings is 2. The molecule has 0 saturated carbocycles. The molecule has 1 aliphatic rings. The van der Waals surface area contributed by atoms with E-state index < -0.39 is 0 Å². The Labute approximate surface area is 112 Å². The van der Waals surface area contributed by atoms with Gasteiger partial charge in [0.2, 0.25) is 5.91 Å². The second kappa shape index (κ2) is 4.73. The standard InChI is InChI=1S/C17H15NO/c18-17(19)7-3-4-12-8-9-16-14(10-12)11-13-5-1-2-6-15(13)16/h1-6,8-10H,7,11H2,(H2,18,19). The minimum atomic E-state index is -0.301. The molecule has 0 atom stereocenters. The number of carbonyl (C=O) groups is 1. The number of primary amides is 1. The molecule has 0 fully saturated rings. The Morgan fingerprint density at radius 2 is 1.89 bits per heavy atom. The average molecular weight is 249 g/mol. The van der Waals surface area contributed by atoms with Crippen molar-refractivity contribution in [1.29, 1.82) is 0 Å². The summed E-state index contributed by atoms with van der Waals surface area (Å²) in [5.41, 5.74) is 11.6. The van der Waals surface area contributed by atoms with E-state index in [2.05, 4.69) is 42.5 Å². The molecule has 2 N–H and O–H groups in total. The zero-order valence-corrected chi connectivity index (χ0v) is 10.6. The number of fused-ring (bicyclic) bond motifs is 3. The van der Waals surface area contributed by atoms with Crippen molar-refractivity contribution in [3.8, 4) is 11.1 Å². The van der Waals surface area contributed by atoms with E-state index in [0.29, 0.717) is 0 Å². The van der Waals surface area contributed by atoms with Crippen LogP contribution in [0, 0.1) is 0 Å². The summed E-state index contributed by atoms with van der Waals surface area (Å²) >= 11 is 0. The summed E-state index contributed by atoms with van der Waals surface area (Å²) in [6.45, 7) is 0. The predicted octanol–water partition coefficient (Wildman–Crippen LogP) is 3.15. The van der Waals surface area contributed by atoms with Crippen molar-refractivity contribution in [2.24, 2.45) is 5.73 Å². The lowest BCUT2D eigenvalue weighted by Gasteiger charge is -2.01. The van der Waals surface area contributed by atoms with Crippen molar-refractivity contribution in [3.63, 3.8) is 0 Å². The fourth-order valence-corrected chi connectivity index (χ4v) is 2.58. The van der Waals surface area contributed by atoms with Crippen LogP contribution in [-0.2, 0) is 11.2 Å². The van der Waals surface area contributed by atoms with E-state index in [1.54, 1.807) is 0 Å². The summed E-state index contributed by atoms with van der Waals surface area (Å²) in [7, 11) is 0. The van der Waals surface area contributed by atoms with E-state index in [1.165, 1.54) is 22.3 Å². The summed E-state index contributed by atoms with van der Waals surface area (Å²) < 4.78 is 0. The van der Waals surface area contributed by atoms with Crippen LogP contribution in [0.25, 0.3) is 17.2 Å². The topological polar surface area (TPSA) is 43.1 Å². The Hall–Kier alpha value is -2.35. The van der Waals surface area contributed by atoms with Crippen LogP contribution in [0.3, 0.4) is 0 Å². The van der Waals surface area contributed by atoms with Crippen LogP contribution in [0.2, 0.25) is 0 Å². The average Bonchev–Trinajstić information content (AvgIpc) is 2.76. The zero-order valence-electron chi connectivity index (χ0n) is 10.6.